The number of hydrogen-bond donors (Lipinski definition) is 1. The van der Waals surface area contributed by atoms with Crippen molar-refractivity contribution in [1.82, 2.24) is 5.32 Å². The van der Waals surface area contributed by atoms with Gasteiger partial charge in [-0.15, -0.1) is 0 Å². The zero-order valence-electron chi connectivity index (χ0n) is 11.5. The second kappa shape index (κ2) is 5.98. The summed E-state index contributed by atoms with van der Waals surface area (Å²) in [5.41, 5.74) is 2.62. The van der Waals surface area contributed by atoms with Crippen LogP contribution < -0.4 is 5.32 Å². The first-order valence-corrected chi connectivity index (χ1v) is 8.22. The van der Waals surface area contributed by atoms with Crippen LogP contribution in [0.4, 0.5) is 0 Å². The molecule has 0 aliphatic carbocycles. The van der Waals surface area contributed by atoms with Gasteiger partial charge in [-0.3, -0.25) is 4.21 Å². The first kappa shape index (κ1) is 13.8. The van der Waals surface area contributed by atoms with Crippen molar-refractivity contribution >= 4 is 10.8 Å². The molecule has 1 aromatic rings. The van der Waals surface area contributed by atoms with Gasteiger partial charge in [0.2, 0.25) is 0 Å². The third kappa shape index (κ3) is 3.01. The van der Waals surface area contributed by atoms with E-state index in [0.29, 0.717) is 6.04 Å². The van der Waals surface area contributed by atoms with Gasteiger partial charge in [0.25, 0.3) is 0 Å². The van der Waals surface area contributed by atoms with Crippen LogP contribution in [0.5, 0.6) is 0 Å². The van der Waals surface area contributed by atoms with Crippen molar-refractivity contribution in [3.63, 3.8) is 0 Å². The van der Waals surface area contributed by atoms with Crippen LogP contribution in [0.15, 0.2) is 24.3 Å². The number of nitrogens with one attached hydrogen (secondary N) is 1. The zero-order valence-corrected chi connectivity index (χ0v) is 12.3. The van der Waals surface area contributed by atoms with E-state index in [1.54, 1.807) is 0 Å². The van der Waals surface area contributed by atoms with E-state index in [0.717, 1.165) is 18.6 Å². The second-order valence-electron chi connectivity index (χ2n) is 5.22. The van der Waals surface area contributed by atoms with E-state index in [-0.39, 0.29) is 11.3 Å². The molecule has 1 saturated heterocycles. The minimum atomic E-state index is -0.723. The standard InChI is InChI=1S/C15H23NOS/c1-4-13-5-7-14(8-6-13)15-12(3)18(17)10-9-11(2)16-15/h5-8,11-12,15-16H,4,9-10H2,1-3H3. The van der Waals surface area contributed by atoms with Crippen molar-refractivity contribution < 1.29 is 4.21 Å². The quantitative estimate of drug-likeness (QED) is 0.891. The highest BCUT2D eigenvalue weighted by Gasteiger charge is 2.28. The Bertz CT molecular complexity index is 415. The molecule has 1 aromatic carbocycles. The summed E-state index contributed by atoms with van der Waals surface area (Å²) in [6, 6.07) is 9.39. The van der Waals surface area contributed by atoms with E-state index in [4.69, 9.17) is 0 Å². The number of aryl methyl sites for hydroxylation is 1. The Hall–Kier alpha value is -0.670. The highest BCUT2D eigenvalue weighted by Crippen LogP contribution is 2.25. The SMILES string of the molecule is CCc1ccc(C2NC(C)CCS(=O)C2C)cc1. The fourth-order valence-corrected chi connectivity index (χ4v) is 3.98. The maximum absolute atomic E-state index is 12.1. The summed E-state index contributed by atoms with van der Waals surface area (Å²) < 4.78 is 12.1. The highest BCUT2D eigenvalue weighted by molar-refractivity contribution is 7.85. The number of benzene rings is 1. The van der Waals surface area contributed by atoms with Crippen LogP contribution >= 0.6 is 0 Å². The van der Waals surface area contributed by atoms with Crippen molar-refractivity contribution in [2.45, 2.75) is 50.9 Å². The lowest BCUT2D eigenvalue weighted by molar-refractivity contribution is 0.455. The topological polar surface area (TPSA) is 29.1 Å². The molecule has 1 N–H and O–H groups in total. The van der Waals surface area contributed by atoms with Crippen LogP contribution in [-0.2, 0) is 17.2 Å². The van der Waals surface area contributed by atoms with Crippen molar-refractivity contribution in [2.24, 2.45) is 0 Å². The molecule has 0 radical (unpaired) electrons. The third-order valence-electron chi connectivity index (χ3n) is 3.85. The van der Waals surface area contributed by atoms with Gasteiger partial charge in [-0.2, -0.15) is 0 Å². The molecule has 0 saturated carbocycles. The van der Waals surface area contributed by atoms with Gasteiger partial charge in [0.05, 0.1) is 5.25 Å². The summed E-state index contributed by atoms with van der Waals surface area (Å²) in [4.78, 5) is 0. The smallest absolute Gasteiger partial charge is 0.0514 e. The molecule has 0 amide bonds. The van der Waals surface area contributed by atoms with E-state index in [1.807, 2.05) is 0 Å². The molecule has 0 spiro atoms. The average Bonchev–Trinajstić information content (AvgIpc) is 2.52. The van der Waals surface area contributed by atoms with Crippen molar-refractivity contribution in [3.05, 3.63) is 35.4 Å². The van der Waals surface area contributed by atoms with Crippen LogP contribution in [0, 0.1) is 0 Å². The predicted octanol–water partition coefficient (Wildman–Crippen LogP) is 2.81. The molecule has 100 valence electrons. The molecule has 2 nitrogen and oxygen atoms in total. The van der Waals surface area contributed by atoms with Gasteiger partial charge in [-0.1, -0.05) is 31.2 Å². The van der Waals surface area contributed by atoms with E-state index >= 15 is 0 Å². The molecule has 4 atom stereocenters. The molecule has 1 aliphatic heterocycles. The summed E-state index contributed by atoms with van der Waals surface area (Å²) in [5.74, 6) is 0.818. The highest BCUT2D eigenvalue weighted by atomic mass is 32.2. The van der Waals surface area contributed by atoms with Crippen LogP contribution in [0.3, 0.4) is 0 Å². The summed E-state index contributed by atoms with van der Waals surface area (Å²) in [5, 5.41) is 3.80. The van der Waals surface area contributed by atoms with Gasteiger partial charge in [0.15, 0.2) is 0 Å². The lowest BCUT2D eigenvalue weighted by Gasteiger charge is -2.24. The van der Waals surface area contributed by atoms with E-state index in [9.17, 15) is 4.21 Å². The van der Waals surface area contributed by atoms with Gasteiger partial charge in [-0.05, 0) is 37.8 Å². The summed E-state index contributed by atoms with van der Waals surface area (Å²) in [7, 11) is -0.723. The summed E-state index contributed by atoms with van der Waals surface area (Å²) >= 11 is 0. The van der Waals surface area contributed by atoms with E-state index in [2.05, 4.69) is 50.4 Å². The fraction of sp³-hybridized carbons (Fsp3) is 0.600. The van der Waals surface area contributed by atoms with Crippen LogP contribution in [0.25, 0.3) is 0 Å². The van der Waals surface area contributed by atoms with E-state index in [1.165, 1.54) is 11.1 Å². The first-order chi connectivity index (χ1) is 8.61. The Morgan fingerprint density at radius 2 is 1.94 bits per heavy atom. The molecular formula is C15H23NOS. The lowest BCUT2D eigenvalue weighted by atomic mass is 10.0. The van der Waals surface area contributed by atoms with Gasteiger partial charge < -0.3 is 5.32 Å². The Kier molecular flexibility index (Phi) is 4.57. The van der Waals surface area contributed by atoms with Crippen LogP contribution in [0.2, 0.25) is 0 Å². The molecule has 0 aromatic heterocycles. The minimum Gasteiger partial charge on any atom is -0.306 e. The number of rotatable bonds is 2. The first-order valence-electron chi connectivity index (χ1n) is 6.84. The Balaban J connectivity index is 2.24. The minimum absolute atomic E-state index is 0.183. The summed E-state index contributed by atoms with van der Waals surface area (Å²) in [6.07, 6.45) is 2.07. The van der Waals surface area contributed by atoms with Gasteiger partial charge >= 0.3 is 0 Å². The zero-order chi connectivity index (χ0) is 13.1. The van der Waals surface area contributed by atoms with Gasteiger partial charge in [-0.25, -0.2) is 0 Å². The van der Waals surface area contributed by atoms with Crippen molar-refractivity contribution in [3.8, 4) is 0 Å². The van der Waals surface area contributed by atoms with Crippen LogP contribution in [-0.4, -0.2) is 21.3 Å². The van der Waals surface area contributed by atoms with Gasteiger partial charge in [0, 0.05) is 28.6 Å². The third-order valence-corrected chi connectivity index (χ3v) is 5.59. The van der Waals surface area contributed by atoms with E-state index < -0.39 is 10.8 Å². The summed E-state index contributed by atoms with van der Waals surface area (Å²) in [6.45, 7) is 6.45. The molecule has 2 rings (SSSR count). The molecule has 1 fully saturated rings. The average molecular weight is 265 g/mol. The van der Waals surface area contributed by atoms with Crippen LogP contribution in [0.1, 0.15) is 44.4 Å². The predicted molar refractivity (Wildman–Crippen MR) is 78.2 cm³/mol. The Morgan fingerprint density at radius 1 is 1.28 bits per heavy atom. The number of hydrogen-bond acceptors (Lipinski definition) is 2. The monoisotopic (exact) mass is 265 g/mol. The maximum atomic E-state index is 12.1. The van der Waals surface area contributed by atoms with Crippen molar-refractivity contribution in [2.75, 3.05) is 5.75 Å². The molecule has 3 heteroatoms. The van der Waals surface area contributed by atoms with Crippen molar-refractivity contribution in [1.29, 1.82) is 0 Å². The normalized spacial score (nSPS) is 33.1. The second-order valence-corrected chi connectivity index (χ2v) is 7.13. The largest absolute Gasteiger partial charge is 0.306 e. The molecule has 18 heavy (non-hydrogen) atoms. The molecule has 4 unspecified atom stereocenters. The lowest BCUT2D eigenvalue weighted by Crippen LogP contribution is -2.34. The molecule has 1 aliphatic rings. The maximum Gasteiger partial charge on any atom is 0.0514 e. The van der Waals surface area contributed by atoms with Gasteiger partial charge in [0.1, 0.15) is 0 Å². The Morgan fingerprint density at radius 3 is 2.56 bits per heavy atom. The molecular weight excluding hydrogens is 242 g/mol. The molecule has 1 heterocycles. The fourth-order valence-electron chi connectivity index (χ4n) is 2.48. The Labute approximate surface area is 113 Å². The molecule has 0 bridgehead atoms.